The van der Waals surface area contributed by atoms with Crippen LogP contribution in [0.15, 0.2) is 36.9 Å². The van der Waals surface area contributed by atoms with E-state index < -0.39 is 0 Å². The van der Waals surface area contributed by atoms with Crippen LogP contribution in [0.3, 0.4) is 0 Å². The molecule has 3 rings (SSSR count). The van der Waals surface area contributed by atoms with Crippen molar-refractivity contribution in [3.63, 3.8) is 0 Å². The highest BCUT2D eigenvalue weighted by molar-refractivity contribution is 6.32. The molecule has 2 aromatic heterocycles. The molecule has 0 aliphatic rings. The van der Waals surface area contributed by atoms with E-state index in [0.29, 0.717) is 40.9 Å². The second-order valence-electron chi connectivity index (χ2n) is 4.15. The average molecular weight is 290 g/mol. The van der Waals surface area contributed by atoms with Crippen LogP contribution in [-0.4, -0.2) is 26.1 Å². The largest absolute Gasteiger partial charge is 0.490 e. The lowest BCUT2D eigenvalue weighted by Gasteiger charge is -2.08. The number of anilines is 1. The normalized spacial score (nSPS) is 10.8. The van der Waals surface area contributed by atoms with Gasteiger partial charge >= 0.3 is 0 Å². The van der Waals surface area contributed by atoms with Gasteiger partial charge in [0.1, 0.15) is 24.2 Å². The fourth-order valence-electron chi connectivity index (χ4n) is 1.88. The molecule has 0 saturated carbocycles. The van der Waals surface area contributed by atoms with E-state index in [9.17, 15) is 0 Å². The topological polar surface area (TPSA) is 78.9 Å². The second-order valence-corrected chi connectivity index (χ2v) is 4.56. The molecule has 0 fully saturated rings. The predicted molar refractivity (Wildman–Crippen MR) is 76.7 cm³/mol. The maximum Gasteiger partial charge on any atom is 0.165 e. The van der Waals surface area contributed by atoms with E-state index >= 15 is 0 Å². The van der Waals surface area contributed by atoms with E-state index in [1.807, 2.05) is 22.8 Å². The first-order valence-electron chi connectivity index (χ1n) is 6.04. The summed E-state index contributed by atoms with van der Waals surface area (Å²) in [6, 6.07) is 7.35. The zero-order valence-electron chi connectivity index (χ0n) is 10.5. The predicted octanol–water partition coefficient (Wildman–Crippen LogP) is 2.14. The van der Waals surface area contributed by atoms with Crippen molar-refractivity contribution in [2.75, 3.05) is 12.3 Å². The molecule has 20 heavy (non-hydrogen) atoms. The molecule has 0 spiro atoms. The summed E-state index contributed by atoms with van der Waals surface area (Å²) in [6.07, 6.45) is 3.09. The first-order chi connectivity index (χ1) is 9.75. The summed E-state index contributed by atoms with van der Waals surface area (Å²) in [6.45, 7) is 1.05. The van der Waals surface area contributed by atoms with E-state index in [0.717, 1.165) is 0 Å². The third-order valence-electron chi connectivity index (χ3n) is 2.86. The second kappa shape index (κ2) is 5.34. The Balaban J connectivity index is 1.72. The summed E-state index contributed by atoms with van der Waals surface area (Å²) in [5, 5.41) is 0.592. The van der Waals surface area contributed by atoms with Crippen molar-refractivity contribution in [3.8, 4) is 5.75 Å². The fourth-order valence-corrected chi connectivity index (χ4v) is 2.07. The Kier molecular flexibility index (Phi) is 3.39. The van der Waals surface area contributed by atoms with E-state index in [2.05, 4.69) is 15.0 Å². The van der Waals surface area contributed by atoms with Gasteiger partial charge in [-0.05, 0) is 12.1 Å². The Labute approximate surface area is 120 Å². The Morgan fingerprint density at radius 1 is 1.20 bits per heavy atom. The van der Waals surface area contributed by atoms with Gasteiger partial charge < -0.3 is 15.0 Å². The number of nitrogens with two attached hydrogens (primary N) is 1. The number of nitrogen functional groups attached to an aromatic ring is 1. The van der Waals surface area contributed by atoms with Crippen LogP contribution in [0.2, 0.25) is 5.02 Å². The molecule has 102 valence electrons. The minimum Gasteiger partial charge on any atom is -0.490 e. The maximum atomic E-state index is 6.02. The van der Waals surface area contributed by atoms with E-state index in [-0.39, 0.29) is 0 Å². The highest BCUT2D eigenvalue weighted by atomic mass is 35.5. The van der Waals surface area contributed by atoms with Crippen molar-refractivity contribution in [2.45, 2.75) is 6.54 Å². The van der Waals surface area contributed by atoms with Crippen molar-refractivity contribution in [3.05, 3.63) is 41.9 Å². The van der Waals surface area contributed by atoms with E-state index in [1.54, 1.807) is 12.4 Å². The van der Waals surface area contributed by atoms with Gasteiger partial charge in [0.05, 0.1) is 17.9 Å². The van der Waals surface area contributed by atoms with Crippen LogP contribution in [0.4, 0.5) is 5.82 Å². The summed E-state index contributed by atoms with van der Waals surface area (Å²) in [4.78, 5) is 12.3. The number of halogens is 1. The van der Waals surface area contributed by atoms with Crippen molar-refractivity contribution < 1.29 is 4.74 Å². The fraction of sp³-hybridized carbons (Fsp3) is 0.154. The molecule has 0 aliphatic carbocycles. The lowest BCUT2D eigenvalue weighted by molar-refractivity contribution is 0.300. The summed E-state index contributed by atoms with van der Waals surface area (Å²) in [5.41, 5.74) is 7.03. The number of para-hydroxylation sites is 1. The number of benzene rings is 1. The molecule has 3 aromatic rings. The molecule has 0 aliphatic heterocycles. The van der Waals surface area contributed by atoms with Crippen LogP contribution in [0, 0.1) is 0 Å². The monoisotopic (exact) mass is 289 g/mol. The first kappa shape index (κ1) is 12.7. The van der Waals surface area contributed by atoms with Gasteiger partial charge in [0.15, 0.2) is 11.5 Å². The molecule has 0 bridgehead atoms. The summed E-state index contributed by atoms with van der Waals surface area (Å²) in [5.74, 6) is 1.04. The maximum absolute atomic E-state index is 6.02. The number of rotatable bonds is 4. The Hall–Kier alpha value is -2.34. The third-order valence-corrected chi connectivity index (χ3v) is 3.17. The number of hydrogen-bond acceptors (Lipinski definition) is 5. The van der Waals surface area contributed by atoms with Crippen LogP contribution < -0.4 is 10.5 Å². The minimum absolute atomic E-state index is 0.376. The summed E-state index contributed by atoms with van der Waals surface area (Å²) < 4.78 is 7.50. The quantitative estimate of drug-likeness (QED) is 0.796. The molecule has 0 unspecified atom stereocenters. The number of fused-ring (bicyclic) bond motifs is 1. The van der Waals surface area contributed by atoms with Gasteiger partial charge in [0.2, 0.25) is 0 Å². The molecular formula is C13H12ClN5O. The number of imidazole rings is 1. The SMILES string of the molecule is Nc1ncnc2c1ncn2CCOc1ccccc1Cl. The van der Waals surface area contributed by atoms with Gasteiger partial charge in [-0.25, -0.2) is 15.0 Å². The number of hydrogen-bond donors (Lipinski definition) is 1. The van der Waals surface area contributed by atoms with Crippen molar-refractivity contribution in [2.24, 2.45) is 0 Å². The van der Waals surface area contributed by atoms with Crippen LogP contribution in [-0.2, 0) is 6.54 Å². The standard InChI is InChI=1S/C13H12ClN5O/c14-9-3-1-2-4-10(9)20-6-5-19-8-18-11-12(15)16-7-17-13(11)19/h1-4,7-8H,5-6H2,(H2,15,16,17). The van der Waals surface area contributed by atoms with Crippen LogP contribution >= 0.6 is 11.6 Å². The minimum atomic E-state index is 0.376. The van der Waals surface area contributed by atoms with Crippen molar-refractivity contribution in [1.29, 1.82) is 0 Å². The zero-order chi connectivity index (χ0) is 13.9. The smallest absolute Gasteiger partial charge is 0.165 e. The number of aromatic nitrogens is 4. The highest BCUT2D eigenvalue weighted by Crippen LogP contribution is 2.23. The van der Waals surface area contributed by atoms with Crippen LogP contribution in [0.5, 0.6) is 5.75 Å². The van der Waals surface area contributed by atoms with Crippen LogP contribution in [0.1, 0.15) is 0 Å². The molecule has 2 N–H and O–H groups in total. The van der Waals surface area contributed by atoms with Crippen LogP contribution in [0.25, 0.3) is 11.2 Å². The third kappa shape index (κ3) is 2.37. The molecule has 6 nitrogen and oxygen atoms in total. The van der Waals surface area contributed by atoms with Gasteiger partial charge in [-0.3, -0.25) is 0 Å². The Morgan fingerprint density at radius 3 is 2.90 bits per heavy atom. The first-order valence-corrected chi connectivity index (χ1v) is 6.42. The molecule has 0 saturated heterocycles. The molecular weight excluding hydrogens is 278 g/mol. The van der Waals surface area contributed by atoms with Gasteiger partial charge in [0, 0.05) is 0 Å². The molecule has 1 aromatic carbocycles. The molecule has 0 atom stereocenters. The van der Waals surface area contributed by atoms with Gasteiger partial charge in [-0.2, -0.15) is 0 Å². The zero-order valence-corrected chi connectivity index (χ0v) is 11.3. The molecule has 0 radical (unpaired) electrons. The van der Waals surface area contributed by atoms with Crippen molar-refractivity contribution in [1.82, 2.24) is 19.5 Å². The van der Waals surface area contributed by atoms with Gasteiger partial charge in [-0.15, -0.1) is 0 Å². The number of nitrogens with zero attached hydrogens (tertiary/aromatic N) is 4. The molecule has 7 heteroatoms. The number of ether oxygens (including phenoxy) is 1. The Bertz CT molecular complexity index is 742. The van der Waals surface area contributed by atoms with Crippen molar-refractivity contribution >= 4 is 28.6 Å². The van der Waals surface area contributed by atoms with E-state index in [1.165, 1.54) is 6.33 Å². The summed E-state index contributed by atoms with van der Waals surface area (Å²) in [7, 11) is 0. The Morgan fingerprint density at radius 2 is 2.05 bits per heavy atom. The summed E-state index contributed by atoms with van der Waals surface area (Å²) >= 11 is 6.02. The lowest BCUT2D eigenvalue weighted by Crippen LogP contribution is -2.08. The average Bonchev–Trinajstić information content (AvgIpc) is 2.86. The highest BCUT2D eigenvalue weighted by Gasteiger charge is 2.07. The van der Waals surface area contributed by atoms with Gasteiger partial charge in [0.25, 0.3) is 0 Å². The van der Waals surface area contributed by atoms with Gasteiger partial charge in [-0.1, -0.05) is 23.7 Å². The lowest BCUT2D eigenvalue weighted by atomic mass is 10.3. The molecule has 0 amide bonds. The molecule has 2 heterocycles. The van der Waals surface area contributed by atoms with E-state index in [4.69, 9.17) is 22.1 Å².